The zero-order valence-corrected chi connectivity index (χ0v) is 12.1. The zero-order chi connectivity index (χ0) is 14.3. The molecular weight excluding hydrogens is 292 g/mol. The smallest absolute Gasteiger partial charge is 0.244 e. The van der Waals surface area contributed by atoms with Crippen LogP contribution in [0, 0.1) is 0 Å². The fraction of sp³-hybridized carbons (Fsp3) is 0.455. The van der Waals surface area contributed by atoms with E-state index in [1.54, 1.807) is 13.2 Å². The molecule has 1 aromatic carbocycles. The van der Waals surface area contributed by atoms with Crippen molar-refractivity contribution in [3.8, 4) is 0 Å². The molecule has 108 valence electrons. The van der Waals surface area contributed by atoms with Crippen molar-refractivity contribution in [1.82, 2.24) is 4.72 Å². The van der Waals surface area contributed by atoms with Gasteiger partial charge in [0.05, 0.1) is 30.5 Å². The summed E-state index contributed by atoms with van der Waals surface area (Å²) in [5.74, 6) is 0. The molecule has 0 radical (unpaired) electrons. The van der Waals surface area contributed by atoms with Gasteiger partial charge in [0.15, 0.2) is 0 Å². The predicted molar refractivity (Wildman–Crippen MR) is 73.7 cm³/mol. The minimum Gasteiger partial charge on any atom is -0.398 e. The minimum absolute atomic E-state index is 0.0906. The maximum Gasteiger partial charge on any atom is 0.244 e. The van der Waals surface area contributed by atoms with Crippen molar-refractivity contribution in [1.29, 1.82) is 0 Å². The van der Waals surface area contributed by atoms with Crippen LogP contribution in [-0.4, -0.2) is 41.9 Å². The van der Waals surface area contributed by atoms with Gasteiger partial charge in [-0.3, -0.25) is 0 Å². The van der Waals surface area contributed by atoms with Gasteiger partial charge in [-0.05, 0) is 12.1 Å². The number of sulfonamides is 1. The summed E-state index contributed by atoms with van der Waals surface area (Å²) in [5, 5.41) is 0.0906. The topological polar surface area (TPSA) is 90.6 Å². The number of nitrogen functional groups attached to an aromatic ring is 1. The van der Waals surface area contributed by atoms with Crippen LogP contribution in [-0.2, 0) is 19.5 Å². The molecule has 3 N–H and O–H groups in total. The SMILES string of the molecule is COCCOCCNS(=O)(=O)c1c(N)cccc1Cl. The van der Waals surface area contributed by atoms with E-state index in [-0.39, 0.29) is 28.8 Å². The van der Waals surface area contributed by atoms with Crippen molar-refractivity contribution in [2.75, 3.05) is 39.2 Å². The first-order valence-electron chi connectivity index (χ1n) is 5.59. The van der Waals surface area contributed by atoms with Gasteiger partial charge in [-0.25, -0.2) is 13.1 Å². The van der Waals surface area contributed by atoms with E-state index in [1.807, 2.05) is 0 Å². The van der Waals surface area contributed by atoms with Gasteiger partial charge in [-0.2, -0.15) is 0 Å². The third-order valence-corrected chi connectivity index (χ3v) is 4.24. The van der Waals surface area contributed by atoms with Crippen LogP contribution in [0.5, 0.6) is 0 Å². The molecule has 19 heavy (non-hydrogen) atoms. The highest BCUT2D eigenvalue weighted by Gasteiger charge is 2.20. The molecule has 0 aromatic heterocycles. The number of hydrogen-bond donors (Lipinski definition) is 2. The Morgan fingerprint density at radius 1 is 1.32 bits per heavy atom. The van der Waals surface area contributed by atoms with Crippen molar-refractivity contribution >= 4 is 27.3 Å². The van der Waals surface area contributed by atoms with Crippen molar-refractivity contribution in [3.05, 3.63) is 23.2 Å². The van der Waals surface area contributed by atoms with Gasteiger partial charge in [0.2, 0.25) is 10.0 Å². The van der Waals surface area contributed by atoms with Crippen molar-refractivity contribution in [2.24, 2.45) is 0 Å². The number of rotatable bonds is 8. The maximum atomic E-state index is 12.0. The average molecular weight is 309 g/mol. The molecule has 1 rings (SSSR count). The van der Waals surface area contributed by atoms with Gasteiger partial charge >= 0.3 is 0 Å². The van der Waals surface area contributed by atoms with Gasteiger partial charge in [0, 0.05) is 13.7 Å². The van der Waals surface area contributed by atoms with E-state index in [2.05, 4.69) is 4.72 Å². The monoisotopic (exact) mass is 308 g/mol. The second-order valence-electron chi connectivity index (χ2n) is 3.66. The Morgan fingerprint density at radius 2 is 2.05 bits per heavy atom. The lowest BCUT2D eigenvalue weighted by molar-refractivity contribution is 0.0736. The van der Waals surface area contributed by atoms with Gasteiger partial charge in [0.25, 0.3) is 0 Å². The molecule has 0 atom stereocenters. The number of methoxy groups -OCH3 is 1. The Hall–Kier alpha value is -0.860. The Kier molecular flexibility index (Phi) is 6.53. The van der Waals surface area contributed by atoms with E-state index in [4.69, 9.17) is 26.8 Å². The summed E-state index contributed by atoms with van der Waals surface area (Å²) in [5.41, 5.74) is 5.74. The lowest BCUT2D eigenvalue weighted by Gasteiger charge is -2.10. The molecule has 6 nitrogen and oxygen atoms in total. The van der Waals surface area contributed by atoms with Gasteiger partial charge in [-0.1, -0.05) is 17.7 Å². The van der Waals surface area contributed by atoms with Crippen LogP contribution in [0.15, 0.2) is 23.1 Å². The van der Waals surface area contributed by atoms with Gasteiger partial charge < -0.3 is 15.2 Å². The van der Waals surface area contributed by atoms with E-state index in [9.17, 15) is 8.42 Å². The number of hydrogen-bond acceptors (Lipinski definition) is 5. The number of nitrogens with two attached hydrogens (primary N) is 1. The summed E-state index contributed by atoms with van der Waals surface area (Å²) in [6, 6.07) is 4.54. The Morgan fingerprint density at radius 3 is 2.68 bits per heavy atom. The molecular formula is C11H17ClN2O4S. The Bertz CT molecular complexity index is 487. The lowest BCUT2D eigenvalue weighted by Crippen LogP contribution is -2.28. The molecule has 0 saturated heterocycles. The minimum atomic E-state index is -3.73. The summed E-state index contributed by atoms with van der Waals surface area (Å²) < 4.78 is 36.3. The van der Waals surface area contributed by atoms with Crippen LogP contribution in [0.25, 0.3) is 0 Å². The fourth-order valence-corrected chi connectivity index (χ4v) is 3.06. The highest BCUT2D eigenvalue weighted by Crippen LogP contribution is 2.26. The number of anilines is 1. The standard InChI is InChI=1S/C11H17ClN2O4S/c1-17-7-8-18-6-5-14-19(15,16)11-9(12)3-2-4-10(11)13/h2-4,14H,5-8,13H2,1H3. The molecule has 0 spiro atoms. The lowest BCUT2D eigenvalue weighted by atomic mass is 10.3. The van der Waals surface area contributed by atoms with Crippen LogP contribution in [0.2, 0.25) is 5.02 Å². The number of ether oxygens (including phenoxy) is 2. The predicted octanol–water partition coefficient (Wildman–Crippen LogP) is 0.864. The molecule has 0 amide bonds. The third-order valence-electron chi connectivity index (χ3n) is 2.24. The van der Waals surface area contributed by atoms with Gasteiger partial charge in [-0.15, -0.1) is 0 Å². The highest BCUT2D eigenvalue weighted by molar-refractivity contribution is 7.89. The molecule has 0 unspecified atom stereocenters. The molecule has 1 aromatic rings. The summed E-state index contributed by atoms with van der Waals surface area (Å²) in [6.45, 7) is 1.25. The first-order valence-corrected chi connectivity index (χ1v) is 7.45. The second-order valence-corrected chi connectivity index (χ2v) is 5.77. The number of halogens is 1. The summed E-state index contributed by atoms with van der Waals surface area (Å²) >= 11 is 5.85. The van der Waals surface area contributed by atoms with Crippen LogP contribution in [0.1, 0.15) is 0 Å². The maximum absolute atomic E-state index is 12.0. The van der Waals surface area contributed by atoms with Crippen LogP contribution >= 0.6 is 11.6 Å². The molecule has 8 heteroatoms. The number of benzene rings is 1. The molecule has 0 bridgehead atoms. The highest BCUT2D eigenvalue weighted by atomic mass is 35.5. The van der Waals surface area contributed by atoms with E-state index < -0.39 is 10.0 Å². The van der Waals surface area contributed by atoms with Crippen molar-refractivity contribution in [3.63, 3.8) is 0 Å². The average Bonchev–Trinajstić information content (AvgIpc) is 2.33. The fourth-order valence-electron chi connectivity index (χ4n) is 1.37. The molecule has 0 aliphatic rings. The number of nitrogens with one attached hydrogen (secondary N) is 1. The molecule has 0 heterocycles. The quantitative estimate of drug-likeness (QED) is 0.549. The first kappa shape index (κ1) is 16.2. The van der Waals surface area contributed by atoms with E-state index in [0.29, 0.717) is 13.2 Å². The Balaban J connectivity index is 2.57. The molecule has 0 aliphatic heterocycles. The van der Waals surface area contributed by atoms with E-state index in [1.165, 1.54) is 12.1 Å². The third kappa shape index (κ3) is 4.96. The summed E-state index contributed by atoms with van der Waals surface area (Å²) in [4.78, 5) is -0.103. The van der Waals surface area contributed by atoms with Crippen LogP contribution in [0.4, 0.5) is 5.69 Å². The van der Waals surface area contributed by atoms with Crippen molar-refractivity contribution < 1.29 is 17.9 Å². The van der Waals surface area contributed by atoms with Crippen LogP contribution < -0.4 is 10.5 Å². The normalized spacial score (nSPS) is 11.7. The molecule has 0 fully saturated rings. The largest absolute Gasteiger partial charge is 0.398 e. The first-order chi connectivity index (χ1) is 8.99. The molecule has 0 saturated carbocycles. The molecule has 0 aliphatic carbocycles. The Labute approximate surface area is 117 Å². The second kappa shape index (κ2) is 7.66. The summed E-state index contributed by atoms with van der Waals surface area (Å²) in [6.07, 6.45) is 0. The van der Waals surface area contributed by atoms with Crippen LogP contribution in [0.3, 0.4) is 0 Å². The van der Waals surface area contributed by atoms with Crippen molar-refractivity contribution in [2.45, 2.75) is 4.90 Å². The zero-order valence-electron chi connectivity index (χ0n) is 10.6. The van der Waals surface area contributed by atoms with E-state index >= 15 is 0 Å². The van der Waals surface area contributed by atoms with E-state index in [0.717, 1.165) is 0 Å². The van der Waals surface area contributed by atoms with Gasteiger partial charge in [0.1, 0.15) is 4.90 Å². The summed E-state index contributed by atoms with van der Waals surface area (Å²) in [7, 11) is -2.17.